The van der Waals surface area contributed by atoms with E-state index in [9.17, 15) is 29.7 Å². The number of nitrogens with zero attached hydrogens (tertiary/aromatic N) is 1. The van der Waals surface area contributed by atoms with E-state index in [1.54, 1.807) is 31.7 Å². The molecule has 0 bridgehead atoms. The molecule has 2 aliphatic carbocycles. The quantitative estimate of drug-likeness (QED) is 0.447. The molecule has 0 unspecified atom stereocenters. The van der Waals surface area contributed by atoms with Crippen molar-refractivity contribution in [2.24, 2.45) is 0 Å². The van der Waals surface area contributed by atoms with Gasteiger partial charge in [0.05, 0.1) is 29.5 Å². The lowest BCUT2D eigenvalue weighted by Gasteiger charge is -2.46. The Kier molecular flexibility index (Phi) is 5.37. The second-order valence-electron chi connectivity index (χ2n) is 10.7. The number of hydrogen-bond donors (Lipinski definition) is 3. The van der Waals surface area contributed by atoms with E-state index in [-0.39, 0.29) is 23.3 Å². The first-order chi connectivity index (χ1) is 17.9. The second-order valence-corrected chi connectivity index (χ2v) is 10.7. The largest absolute Gasteiger partial charge is 0.457 e. The summed E-state index contributed by atoms with van der Waals surface area (Å²) in [6.45, 7) is 6.88. The molecule has 11 nitrogen and oxygen atoms in total. The number of aliphatic hydroxyl groups is 3. The number of carbonyl (C=O) groups excluding carboxylic acids is 3. The number of rotatable bonds is 2. The minimum absolute atomic E-state index is 0.0323. The molecule has 0 spiro atoms. The van der Waals surface area contributed by atoms with Gasteiger partial charge in [0, 0.05) is 29.5 Å². The summed E-state index contributed by atoms with van der Waals surface area (Å²) in [5.74, 6) is -4.09. The summed E-state index contributed by atoms with van der Waals surface area (Å²) in [6.07, 6.45) is -2.39. The molecule has 11 heteroatoms. The maximum atomic E-state index is 14.0. The molecule has 6 aliphatic rings. The SMILES string of the molecule is CC[C@H]1O[C@@](C)(O)CN2C(C)=CC3=C4C(=O)C5=C(C(=O)C=C4C(=O)C3=C12)[C@]1(O)[C@H](O5)O[C@H](C)[C@@H](OC)[C@H]1O. The Bertz CT molecular complexity index is 1360. The van der Waals surface area contributed by atoms with E-state index in [1.165, 1.54) is 7.11 Å². The van der Waals surface area contributed by atoms with Crippen LogP contribution in [0.15, 0.2) is 57.2 Å². The van der Waals surface area contributed by atoms with Crippen LogP contribution in [0.2, 0.25) is 0 Å². The maximum absolute atomic E-state index is 14.0. The maximum Gasteiger partial charge on any atom is 0.236 e. The fraction of sp³-hybridized carbons (Fsp3) is 0.519. The van der Waals surface area contributed by atoms with Gasteiger partial charge >= 0.3 is 0 Å². The summed E-state index contributed by atoms with van der Waals surface area (Å²) in [5.41, 5.74) is -1.27. The molecule has 2 saturated heterocycles. The summed E-state index contributed by atoms with van der Waals surface area (Å²) >= 11 is 0. The van der Waals surface area contributed by atoms with Crippen molar-refractivity contribution in [3.63, 3.8) is 0 Å². The van der Waals surface area contributed by atoms with E-state index in [4.69, 9.17) is 18.9 Å². The van der Waals surface area contributed by atoms with Crippen molar-refractivity contribution in [3.05, 3.63) is 57.2 Å². The average molecular weight is 528 g/mol. The minimum atomic E-state index is -2.38. The van der Waals surface area contributed by atoms with Crippen LogP contribution in [0.5, 0.6) is 0 Å². The van der Waals surface area contributed by atoms with Crippen molar-refractivity contribution in [2.45, 2.75) is 76.2 Å². The topological polar surface area (TPSA) is 152 Å². The Labute approximate surface area is 218 Å². The van der Waals surface area contributed by atoms with Crippen LogP contribution >= 0.6 is 0 Å². The van der Waals surface area contributed by atoms with Gasteiger partial charge in [-0.2, -0.15) is 0 Å². The lowest BCUT2D eigenvalue weighted by atomic mass is 9.79. The monoisotopic (exact) mass is 527 g/mol. The molecular weight excluding hydrogens is 498 g/mol. The molecule has 0 aromatic heterocycles. The van der Waals surface area contributed by atoms with Crippen LogP contribution in [0.25, 0.3) is 0 Å². The fourth-order valence-corrected chi connectivity index (χ4v) is 6.42. The van der Waals surface area contributed by atoms with Crippen LogP contribution < -0.4 is 0 Å². The molecule has 7 atom stereocenters. The fourth-order valence-electron chi connectivity index (χ4n) is 6.42. The van der Waals surface area contributed by atoms with E-state index in [1.807, 2.05) is 6.92 Å². The number of fused-ring (bicyclic) bond motifs is 5. The van der Waals surface area contributed by atoms with Crippen LogP contribution in [0.4, 0.5) is 0 Å². The summed E-state index contributed by atoms with van der Waals surface area (Å²) in [6, 6.07) is 0. The molecule has 6 rings (SSSR count). The van der Waals surface area contributed by atoms with Crippen LogP contribution in [0.1, 0.15) is 34.1 Å². The third kappa shape index (κ3) is 3.08. The molecular formula is C27H29NO10. The van der Waals surface area contributed by atoms with E-state index in [2.05, 4.69) is 0 Å². The predicted molar refractivity (Wildman–Crippen MR) is 128 cm³/mol. The van der Waals surface area contributed by atoms with Crippen molar-refractivity contribution in [1.29, 1.82) is 0 Å². The van der Waals surface area contributed by atoms with Crippen LogP contribution in [-0.4, -0.2) is 93.3 Å². The number of ether oxygens (including phenoxy) is 4. The van der Waals surface area contributed by atoms with Gasteiger partial charge in [-0.3, -0.25) is 14.4 Å². The molecule has 0 saturated carbocycles. The van der Waals surface area contributed by atoms with Gasteiger partial charge in [0.15, 0.2) is 28.7 Å². The van der Waals surface area contributed by atoms with E-state index in [0.29, 0.717) is 23.4 Å². The molecule has 3 N–H and O–H groups in total. The lowest BCUT2D eigenvalue weighted by molar-refractivity contribution is -0.303. The number of carbonyl (C=O) groups is 3. The minimum Gasteiger partial charge on any atom is -0.457 e. The van der Waals surface area contributed by atoms with Gasteiger partial charge in [0.25, 0.3) is 0 Å². The summed E-state index contributed by atoms with van der Waals surface area (Å²) in [5, 5.41) is 33.2. The number of aliphatic hydroxyl groups excluding tert-OH is 1. The Morgan fingerprint density at radius 1 is 1.16 bits per heavy atom. The molecule has 0 aromatic carbocycles. The van der Waals surface area contributed by atoms with Gasteiger partial charge in [-0.15, -0.1) is 0 Å². The molecule has 4 aliphatic heterocycles. The first-order valence-corrected chi connectivity index (χ1v) is 12.6. The smallest absolute Gasteiger partial charge is 0.236 e. The zero-order chi connectivity index (χ0) is 27.5. The zero-order valence-corrected chi connectivity index (χ0v) is 21.6. The van der Waals surface area contributed by atoms with Crippen LogP contribution in [-0.2, 0) is 33.3 Å². The number of Topliss-reactive ketones (excluding diaryl/α,β-unsaturated/α-hetero) is 2. The lowest BCUT2D eigenvalue weighted by Crippen LogP contribution is -2.65. The predicted octanol–water partition coefficient (Wildman–Crippen LogP) is 0.0708. The van der Waals surface area contributed by atoms with Gasteiger partial charge in [-0.25, -0.2) is 0 Å². The third-order valence-corrected chi connectivity index (χ3v) is 8.13. The number of allylic oxidation sites excluding steroid dienone is 7. The number of ketones is 3. The molecule has 0 radical (unpaired) electrons. The highest BCUT2D eigenvalue weighted by Gasteiger charge is 2.65. The molecule has 4 heterocycles. The highest BCUT2D eigenvalue weighted by molar-refractivity contribution is 6.34. The summed E-state index contributed by atoms with van der Waals surface area (Å²) < 4.78 is 22.6. The Morgan fingerprint density at radius 3 is 2.53 bits per heavy atom. The van der Waals surface area contributed by atoms with Crippen molar-refractivity contribution in [2.75, 3.05) is 13.7 Å². The van der Waals surface area contributed by atoms with Gasteiger partial charge < -0.3 is 39.2 Å². The van der Waals surface area contributed by atoms with Crippen molar-refractivity contribution in [1.82, 2.24) is 4.90 Å². The average Bonchev–Trinajstić information content (AvgIpc) is 3.25. The zero-order valence-electron chi connectivity index (χ0n) is 21.6. The van der Waals surface area contributed by atoms with Crippen molar-refractivity contribution in [3.8, 4) is 0 Å². The van der Waals surface area contributed by atoms with Crippen molar-refractivity contribution < 1.29 is 48.7 Å². The molecule has 38 heavy (non-hydrogen) atoms. The molecule has 0 amide bonds. The number of morpholine rings is 1. The normalized spacial score (nSPS) is 40.3. The Balaban J connectivity index is 1.54. The summed E-state index contributed by atoms with van der Waals surface area (Å²) in [4.78, 5) is 43.2. The van der Waals surface area contributed by atoms with E-state index in [0.717, 1.165) is 6.08 Å². The molecule has 202 valence electrons. The third-order valence-electron chi connectivity index (χ3n) is 8.13. The van der Waals surface area contributed by atoms with E-state index < -0.39 is 70.8 Å². The Morgan fingerprint density at radius 2 is 1.87 bits per heavy atom. The summed E-state index contributed by atoms with van der Waals surface area (Å²) in [7, 11) is 1.33. The van der Waals surface area contributed by atoms with Gasteiger partial charge in [-0.1, -0.05) is 6.92 Å². The highest BCUT2D eigenvalue weighted by atomic mass is 16.7. The standard InChI is InChI=1S/C27H29NO10/c1-6-15-19-17-12(7-10(2)28(19)9-26(4,33)38-15)16-13(20(17)30)8-14(29)18-23(21(16)31)37-25-27(18,34)24(32)22(35-5)11(3)36-25/h7-8,11,15,22,24-25,32-34H,6,9H2,1-5H3/t11-,15-,22-,24-,25+,26-,27-/m1/s1. The van der Waals surface area contributed by atoms with Gasteiger partial charge in [0.1, 0.15) is 18.3 Å². The second kappa shape index (κ2) is 8.04. The van der Waals surface area contributed by atoms with Crippen molar-refractivity contribution >= 4 is 17.3 Å². The molecule has 0 aromatic rings. The number of hydrogen-bond acceptors (Lipinski definition) is 11. The van der Waals surface area contributed by atoms with E-state index >= 15 is 0 Å². The molecule has 2 fully saturated rings. The van der Waals surface area contributed by atoms with Crippen LogP contribution in [0.3, 0.4) is 0 Å². The van der Waals surface area contributed by atoms with Gasteiger partial charge in [0.2, 0.25) is 12.1 Å². The van der Waals surface area contributed by atoms with Gasteiger partial charge in [-0.05, 0) is 39.3 Å². The Hall–Kier alpha value is -2.93. The number of methoxy groups -OCH3 is 1. The highest BCUT2D eigenvalue weighted by Crippen LogP contribution is 2.51. The van der Waals surface area contributed by atoms with Crippen LogP contribution in [0, 0.1) is 0 Å². The first-order valence-electron chi connectivity index (χ1n) is 12.6. The first kappa shape index (κ1) is 25.4.